The Kier molecular flexibility index (Phi) is 6.66. The SMILES string of the molecule is CN1C(=C(C#N)C(=O)COC(=O)c2cc([N+](=O)[O-])ccc2N2CCOCC2)N(C)c2ccccc21. The normalized spacial score (nSPS) is 14.9. The molecule has 11 heteroatoms. The number of nitrogens with zero attached hydrogens (tertiary/aromatic N) is 5. The van der Waals surface area contributed by atoms with E-state index >= 15 is 0 Å². The van der Waals surface area contributed by atoms with Crippen molar-refractivity contribution in [3.05, 3.63) is 69.5 Å². The third-order valence-corrected chi connectivity index (χ3v) is 5.95. The molecule has 1 saturated heterocycles. The number of rotatable bonds is 6. The van der Waals surface area contributed by atoms with E-state index in [0.29, 0.717) is 37.8 Å². The highest BCUT2D eigenvalue weighted by molar-refractivity contribution is 6.05. The van der Waals surface area contributed by atoms with Gasteiger partial charge in [0.2, 0.25) is 5.78 Å². The summed E-state index contributed by atoms with van der Waals surface area (Å²) < 4.78 is 10.6. The van der Waals surface area contributed by atoms with Gasteiger partial charge in [-0.25, -0.2) is 4.79 Å². The molecule has 4 rings (SSSR count). The van der Waals surface area contributed by atoms with Crippen molar-refractivity contribution in [2.24, 2.45) is 0 Å². The first-order valence-corrected chi connectivity index (χ1v) is 10.9. The van der Waals surface area contributed by atoms with E-state index in [0.717, 1.165) is 17.4 Å². The number of carbonyl (C=O) groups excluding carboxylic acids is 2. The van der Waals surface area contributed by atoms with Gasteiger partial charge in [0, 0.05) is 39.3 Å². The standard InChI is InChI=1S/C24H23N5O6/c1-26-20-5-3-4-6-21(20)27(2)23(26)18(14-25)22(30)15-35-24(31)17-13-16(29(32)33)7-8-19(17)28-9-11-34-12-10-28/h3-8,13H,9-12,15H2,1-2H3. The quantitative estimate of drug-likeness (QED) is 0.201. The number of nitro groups is 1. The number of Topliss-reactive ketones (excluding diaryl/α,β-unsaturated/α-hetero) is 1. The van der Waals surface area contributed by atoms with Gasteiger partial charge in [0.1, 0.15) is 17.5 Å². The molecule has 0 aromatic heterocycles. The molecular weight excluding hydrogens is 454 g/mol. The number of morpholine rings is 1. The van der Waals surface area contributed by atoms with Crippen molar-refractivity contribution in [1.82, 2.24) is 0 Å². The van der Waals surface area contributed by atoms with E-state index in [1.54, 1.807) is 23.9 Å². The first kappa shape index (κ1) is 23.7. The summed E-state index contributed by atoms with van der Waals surface area (Å²) in [6.45, 7) is 1.22. The Balaban J connectivity index is 1.57. The van der Waals surface area contributed by atoms with E-state index in [9.17, 15) is 25.0 Å². The van der Waals surface area contributed by atoms with Gasteiger partial charge in [-0.15, -0.1) is 0 Å². The number of nitro benzene ring substituents is 1. The molecule has 0 bridgehead atoms. The summed E-state index contributed by atoms with van der Waals surface area (Å²) in [6, 6.07) is 13.3. The minimum Gasteiger partial charge on any atom is -0.454 e. The lowest BCUT2D eigenvalue weighted by atomic mass is 10.1. The number of hydrogen-bond acceptors (Lipinski definition) is 10. The molecule has 2 aliphatic rings. The fraction of sp³-hybridized carbons (Fsp3) is 0.292. The van der Waals surface area contributed by atoms with Crippen molar-refractivity contribution in [2.45, 2.75) is 0 Å². The smallest absolute Gasteiger partial charge is 0.340 e. The van der Waals surface area contributed by atoms with Crippen LogP contribution in [0.5, 0.6) is 0 Å². The maximum absolute atomic E-state index is 13.0. The van der Waals surface area contributed by atoms with Crippen molar-refractivity contribution in [3.63, 3.8) is 0 Å². The third-order valence-electron chi connectivity index (χ3n) is 5.95. The molecule has 0 saturated carbocycles. The Morgan fingerprint density at radius 2 is 1.71 bits per heavy atom. The van der Waals surface area contributed by atoms with Gasteiger partial charge in [0.05, 0.1) is 40.8 Å². The lowest BCUT2D eigenvalue weighted by Crippen LogP contribution is -2.37. The number of ether oxygens (including phenoxy) is 2. The van der Waals surface area contributed by atoms with E-state index in [1.165, 1.54) is 12.1 Å². The van der Waals surface area contributed by atoms with E-state index < -0.39 is 23.3 Å². The number of benzene rings is 2. The second-order valence-electron chi connectivity index (χ2n) is 7.97. The number of carbonyl (C=O) groups is 2. The number of para-hydroxylation sites is 2. The van der Waals surface area contributed by atoms with Crippen molar-refractivity contribution < 1.29 is 24.0 Å². The average Bonchev–Trinajstić information content (AvgIpc) is 3.13. The minimum absolute atomic E-state index is 0.0254. The fourth-order valence-electron chi connectivity index (χ4n) is 4.22. The van der Waals surface area contributed by atoms with Gasteiger partial charge < -0.3 is 24.2 Å². The molecule has 180 valence electrons. The second-order valence-corrected chi connectivity index (χ2v) is 7.97. The van der Waals surface area contributed by atoms with Crippen LogP contribution in [0, 0.1) is 21.4 Å². The van der Waals surface area contributed by atoms with Crippen molar-refractivity contribution in [2.75, 3.05) is 61.7 Å². The molecule has 2 heterocycles. The van der Waals surface area contributed by atoms with Crippen LogP contribution < -0.4 is 14.7 Å². The topological polar surface area (TPSA) is 129 Å². The van der Waals surface area contributed by atoms with Crippen LogP contribution in [0.3, 0.4) is 0 Å². The number of fused-ring (bicyclic) bond motifs is 1. The van der Waals surface area contributed by atoms with Gasteiger partial charge >= 0.3 is 5.97 Å². The lowest BCUT2D eigenvalue weighted by molar-refractivity contribution is -0.384. The highest BCUT2D eigenvalue weighted by Gasteiger charge is 2.32. The summed E-state index contributed by atoms with van der Waals surface area (Å²) in [7, 11) is 3.48. The lowest BCUT2D eigenvalue weighted by Gasteiger charge is -2.30. The van der Waals surface area contributed by atoms with E-state index in [-0.39, 0.29) is 16.8 Å². The molecule has 2 aromatic carbocycles. The number of esters is 1. The molecule has 0 unspecified atom stereocenters. The molecule has 2 aliphatic heterocycles. The first-order chi connectivity index (χ1) is 16.8. The summed E-state index contributed by atoms with van der Waals surface area (Å²) in [5, 5.41) is 21.0. The number of non-ortho nitro benzene ring substituents is 1. The molecule has 1 fully saturated rings. The summed E-state index contributed by atoms with van der Waals surface area (Å²) in [6.07, 6.45) is 0. The average molecular weight is 477 g/mol. The summed E-state index contributed by atoms with van der Waals surface area (Å²) in [5.74, 6) is -1.19. The minimum atomic E-state index is -0.887. The van der Waals surface area contributed by atoms with Crippen LogP contribution in [0.25, 0.3) is 0 Å². The zero-order valence-corrected chi connectivity index (χ0v) is 19.3. The van der Waals surface area contributed by atoms with E-state index in [4.69, 9.17) is 9.47 Å². The van der Waals surface area contributed by atoms with Gasteiger partial charge in [-0.2, -0.15) is 5.26 Å². The molecule has 35 heavy (non-hydrogen) atoms. The van der Waals surface area contributed by atoms with Gasteiger partial charge in [0.25, 0.3) is 5.69 Å². The van der Waals surface area contributed by atoms with Crippen molar-refractivity contribution in [1.29, 1.82) is 5.26 Å². The van der Waals surface area contributed by atoms with E-state index in [1.807, 2.05) is 35.2 Å². The third kappa shape index (κ3) is 4.51. The fourth-order valence-corrected chi connectivity index (χ4v) is 4.22. The largest absolute Gasteiger partial charge is 0.454 e. The summed E-state index contributed by atoms with van der Waals surface area (Å²) in [4.78, 5) is 41.9. The molecule has 11 nitrogen and oxygen atoms in total. The Hall–Kier alpha value is -4.43. The van der Waals surface area contributed by atoms with E-state index in [2.05, 4.69) is 0 Å². The maximum atomic E-state index is 13.0. The monoisotopic (exact) mass is 477 g/mol. The molecule has 0 spiro atoms. The van der Waals surface area contributed by atoms with Gasteiger partial charge in [0.15, 0.2) is 6.61 Å². The van der Waals surface area contributed by atoms with Crippen LogP contribution in [-0.4, -0.2) is 63.7 Å². The van der Waals surface area contributed by atoms with Crippen LogP contribution in [-0.2, 0) is 14.3 Å². The molecule has 0 atom stereocenters. The molecule has 0 radical (unpaired) electrons. The Labute approximate surface area is 201 Å². The van der Waals surface area contributed by atoms with Crippen LogP contribution >= 0.6 is 0 Å². The Morgan fingerprint density at radius 3 is 2.29 bits per heavy atom. The van der Waals surface area contributed by atoms with Gasteiger partial charge in [-0.3, -0.25) is 14.9 Å². The van der Waals surface area contributed by atoms with Crippen LogP contribution in [0.4, 0.5) is 22.7 Å². The van der Waals surface area contributed by atoms with Crippen LogP contribution in [0.15, 0.2) is 53.9 Å². The zero-order chi connectivity index (χ0) is 25.1. The molecule has 0 amide bonds. The predicted molar refractivity (Wildman–Crippen MR) is 127 cm³/mol. The molecule has 0 N–H and O–H groups in total. The van der Waals surface area contributed by atoms with Crippen LogP contribution in [0.2, 0.25) is 0 Å². The molecule has 2 aromatic rings. The summed E-state index contributed by atoms with van der Waals surface area (Å²) in [5.41, 5.74) is 1.66. The summed E-state index contributed by atoms with van der Waals surface area (Å²) >= 11 is 0. The predicted octanol–water partition coefficient (Wildman–Crippen LogP) is 2.48. The number of nitriles is 1. The van der Waals surface area contributed by atoms with Gasteiger partial charge in [-0.05, 0) is 18.2 Å². The maximum Gasteiger partial charge on any atom is 0.340 e. The number of hydrogen-bond donors (Lipinski definition) is 0. The number of ketones is 1. The Bertz CT molecular complexity index is 1230. The molecule has 0 aliphatic carbocycles. The zero-order valence-electron chi connectivity index (χ0n) is 19.3. The second kappa shape index (κ2) is 9.82. The highest BCUT2D eigenvalue weighted by atomic mass is 16.6. The first-order valence-electron chi connectivity index (χ1n) is 10.9. The highest BCUT2D eigenvalue weighted by Crippen LogP contribution is 2.40. The van der Waals surface area contributed by atoms with Crippen molar-refractivity contribution in [3.8, 4) is 6.07 Å². The van der Waals surface area contributed by atoms with Crippen LogP contribution in [0.1, 0.15) is 10.4 Å². The van der Waals surface area contributed by atoms with Gasteiger partial charge in [-0.1, -0.05) is 12.1 Å². The molecular formula is C24H23N5O6. The number of anilines is 3. The Morgan fingerprint density at radius 1 is 1.09 bits per heavy atom. The van der Waals surface area contributed by atoms with Crippen molar-refractivity contribution >= 4 is 34.5 Å².